The standard InChI is InChI=1S/C35H56N10O7S3/c1-54-16-12-23(20-46)41-30(48)25(10-6-14-39-35(37)38)43-31(49)26(18-22-8-4-3-5-9-22)44-32(50)27(21-53)42-29(47)19-40-33(51)28-11-7-15-45(28)34(52)24(36)13-17-55-2/h3-5,8-9,20,23-28,53H,6-7,10-19,21,36H2,1-2H3,(H,40,51)(H,41,48)(H,42,47)(H,43,49)(H,44,50)(H4,37,38,39)/t23-,24-,25-,26-,27-,28-/m0/s1. The Bertz CT molecular complexity index is 1450. The molecule has 1 heterocycles. The molecule has 6 amide bonds. The number of hydrogen-bond acceptors (Lipinski definition) is 12. The number of aliphatic imine (C=N–C) groups is 1. The van der Waals surface area contributed by atoms with Gasteiger partial charge in [0.1, 0.15) is 30.5 Å². The second-order valence-corrected chi connectivity index (χ2v) is 15.2. The molecule has 1 aromatic rings. The number of benzene rings is 1. The summed E-state index contributed by atoms with van der Waals surface area (Å²) in [5, 5.41) is 13.1. The van der Waals surface area contributed by atoms with Crippen molar-refractivity contribution >= 4 is 83.8 Å². The van der Waals surface area contributed by atoms with Crippen LogP contribution >= 0.6 is 36.2 Å². The van der Waals surface area contributed by atoms with Gasteiger partial charge in [-0.15, -0.1) is 0 Å². The maximum Gasteiger partial charge on any atom is 0.244 e. The van der Waals surface area contributed by atoms with Crippen molar-refractivity contribution in [3.8, 4) is 0 Å². The van der Waals surface area contributed by atoms with Crippen molar-refractivity contribution < 1.29 is 33.6 Å². The molecule has 1 aromatic carbocycles. The van der Waals surface area contributed by atoms with E-state index in [9.17, 15) is 33.6 Å². The molecular formula is C35H56N10O7S3. The lowest BCUT2D eigenvalue weighted by Gasteiger charge is -2.27. The average Bonchev–Trinajstić information content (AvgIpc) is 3.67. The summed E-state index contributed by atoms with van der Waals surface area (Å²) in [6.45, 7) is 0.0936. The highest BCUT2D eigenvalue weighted by molar-refractivity contribution is 7.98. The van der Waals surface area contributed by atoms with E-state index in [-0.39, 0.29) is 37.0 Å². The maximum absolute atomic E-state index is 13.8. The number of guanidine groups is 1. The summed E-state index contributed by atoms with van der Waals surface area (Å²) < 4.78 is 0. The third-order valence-electron chi connectivity index (χ3n) is 8.66. The highest BCUT2D eigenvalue weighted by Crippen LogP contribution is 2.19. The van der Waals surface area contributed by atoms with Crippen LogP contribution in [0.5, 0.6) is 0 Å². The first-order valence-corrected chi connectivity index (χ1v) is 21.4. The molecule has 1 fully saturated rings. The molecule has 0 bridgehead atoms. The van der Waals surface area contributed by atoms with Gasteiger partial charge in [-0.1, -0.05) is 30.3 Å². The van der Waals surface area contributed by atoms with E-state index in [0.29, 0.717) is 62.0 Å². The smallest absolute Gasteiger partial charge is 0.244 e. The van der Waals surface area contributed by atoms with Crippen LogP contribution in [0.4, 0.5) is 0 Å². The van der Waals surface area contributed by atoms with Gasteiger partial charge in [0, 0.05) is 25.3 Å². The van der Waals surface area contributed by atoms with Crippen molar-refractivity contribution in [2.75, 3.05) is 49.4 Å². The van der Waals surface area contributed by atoms with Crippen LogP contribution < -0.4 is 43.8 Å². The lowest BCUT2D eigenvalue weighted by Crippen LogP contribution is -2.59. The Morgan fingerprint density at radius 3 is 2.18 bits per heavy atom. The molecule has 0 aliphatic carbocycles. The van der Waals surface area contributed by atoms with Gasteiger partial charge in [0.25, 0.3) is 0 Å². The highest BCUT2D eigenvalue weighted by Gasteiger charge is 2.36. The van der Waals surface area contributed by atoms with Crippen LogP contribution in [0, 0.1) is 0 Å². The number of carbonyl (C=O) groups is 7. The Balaban J connectivity index is 2.14. The van der Waals surface area contributed by atoms with Crippen molar-refractivity contribution in [2.24, 2.45) is 22.2 Å². The van der Waals surface area contributed by atoms with Gasteiger partial charge in [-0.2, -0.15) is 36.2 Å². The number of nitrogens with one attached hydrogen (secondary N) is 5. The molecule has 0 unspecified atom stereocenters. The molecule has 6 atom stereocenters. The van der Waals surface area contributed by atoms with Gasteiger partial charge in [-0.25, -0.2) is 0 Å². The van der Waals surface area contributed by atoms with E-state index in [1.54, 1.807) is 42.1 Å². The number of amides is 6. The number of thiol groups is 1. The zero-order valence-electron chi connectivity index (χ0n) is 31.4. The van der Waals surface area contributed by atoms with Gasteiger partial charge in [-0.3, -0.25) is 33.8 Å². The SMILES string of the molecule is CSCC[C@@H](C=O)NC(=O)[C@H](CCCN=C(N)N)NC(=O)[C@H](Cc1ccccc1)NC(=O)[C@H](CS)NC(=O)CNC(=O)[C@@H]1CCCN1C(=O)[C@@H](N)CCSC. The monoisotopic (exact) mass is 824 g/mol. The second-order valence-electron chi connectivity index (χ2n) is 12.9. The lowest BCUT2D eigenvalue weighted by atomic mass is 10.0. The lowest BCUT2D eigenvalue weighted by molar-refractivity contribution is -0.139. The molecule has 1 aliphatic heterocycles. The summed E-state index contributed by atoms with van der Waals surface area (Å²) in [6.07, 6.45) is 6.80. The Morgan fingerprint density at radius 1 is 0.909 bits per heavy atom. The summed E-state index contributed by atoms with van der Waals surface area (Å²) in [6, 6.07) is 3.10. The molecule has 0 saturated carbocycles. The summed E-state index contributed by atoms with van der Waals surface area (Å²) in [4.78, 5) is 96.6. The molecule has 55 heavy (non-hydrogen) atoms. The van der Waals surface area contributed by atoms with Crippen molar-refractivity contribution in [1.82, 2.24) is 31.5 Å². The zero-order valence-corrected chi connectivity index (χ0v) is 33.9. The molecule has 1 saturated heterocycles. The molecule has 306 valence electrons. The van der Waals surface area contributed by atoms with Crippen molar-refractivity contribution in [1.29, 1.82) is 0 Å². The van der Waals surface area contributed by atoms with Crippen molar-refractivity contribution in [3.63, 3.8) is 0 Å². The van der Waals surface area contributed by atoms with E-state index >= 15 is 0 Å². The Morgan fingerprint density at radius 2 is 1.55 bits per heavy atom. The van der Waals surface area contributed by atoms with Gasteiger partial charge in [0.05, 0.1) is 18.6 Å². The zero-order chi connectivity index (χ0) is 40.8. The van der Waals surface area contributed by atoms with Gasteiger partial charge < -0.3 is 53.5 Å². The van der Waals surface area contributed by atoms with E-state index in [4.69, 9.17) is 17.2 Å². The number of rotatable bonds is 25. The molecule has 20 heteroatoms. The molecular weight excluding hydrogens is 769 g/mol. The summed E-state index contributed by atoms with van der Waals surface area (Å²) in [7, 11) is 0. The number of hydrogen-bond donors (Lipinski definition) is 9. The van der Waals surface area contributed by atoms with Crippen LogP contribution in [0.1, 0.15) is 44.1 Å². The average molecular weight is 825 g/mol. The minimum absolute atomic E-state index is 0.0340. The number of nitrogens with zero attached hydrogens (tertiary/aromatic N) is 2. The normalized spacial score (nSPS) is 16.4. The second kappa shape index (κ2) is 26.0. The van der Waals surface area contributed by atoms with Crippen LogP contribution in [0.2, 0.25) is 0 Å². The minimum Gasteiger partial charge on any atom is -0.370 e. The van der Waals surface area contributed by atoms with Crippen LogP contribution in [0.25, 0.3) is 0 Å². The highest BCUT2D eigenvalue weighted by atomic mass is 32.2. The van der Waals surface area contributed by atoms with E-state index in [0.717, 1.165) is 0 Å². The first kappa shape index (κ1) is 47.1. The molecule has 17 nitrogen and oxygen atoms in total. The van der Waals surface area contributed by atoms with Gasteiger partial charge in [0.2, 0.25) is 35.4 Å². The third kappa shape index (κ3) is 17.1. The van der Waals surface area contributed by atoms with Gasteiger partial charge in [0.15, 0.2) is 5.96 Å². The van der Waals surface area contributed by atoms with Crippen LogP contribution in [0.3, 0.4) is 0 Å². The number of thioether (sulfide) groups is 2. The predicted molar refractivity (Wildman–Crippen MR) is 219 cm³/mol. The molecule has 0 radical (unpaired) electrons. The first-order chi connectivity index (χ1) is 26.3. The summed E-state index contributed by atoms with van der Waals surface area (Å²) in [5.41, 5.74) is 17.6. The topological polar surface area (TPSA) is 273 Å². The van der Waals surface area contributed by atoms with Crippen LogP contribution in [0.15, 0.2) is 35.3 Å². The minimum atomic E-state index is -1.21. The number of aldehydes is 1. The fourth-order valence-corrected chi connectivity index (χ4v) is 6.92. The van der Waals surface area contributed by atoms with E-state index in [1.165, 1.54) is 16.7 Å². The van der Waals surface area contributed by atoms with E-state index in [2.05, 4.69) is 44.2 Å². The predicted octanol–water partition coefficient (Wildman–Crippen LogP) is -1.71. The summed E-state index contributed by atoms with van der Waals surface area (Å²) >= 11 is 7.32. The number of likely N-dealkylation sites (tertiary alicyclic amines) is 1. The molecule has 0 spiro atoms. The summed E-state index contributed by atoms with van der Waals surface area (Å²) in [5.74, 6) is -2.47. The first-order valence-electron chi connectivity index (χ1n) is 18.0. The van der Waals surface area contributed by atoms with Crippen molar-refractivity contribution in [3.05, 3.63) is 35.9 Å². The molecule has 1 aliphatic rings. The van der Waals surface area contributed by atoms with Gasteiger partial charge in [-0.05, 0) is 68.1 Å². The third-order valence-corrected chi connectivity index (χ3v) is 10.3. The Kier molecular flexibility index (Phi) is 22.2. The quantitative estimate of drug-likeness (QED) is 0.0176. The Labute approximate surface area is 336 Å². The van der Waals surface area contributed by atoms with E-state index < -0.39 is 72.3 Å². The number of carbonyl (C=O) groups excluding carboxylic acids is 7. The largest absolute Gasteiger partial charge is 0.370 e. The van der Waals surface area contributed by atoms with E-state index in [1.807, 2.05) is 12.5 Å². The fourth-order valence-electron chi connectivity index (χ4n) is 5.69. The maximum atomic E-state index is 13.8. The molecule has 2 rings (SSSR count). The fraction of sp³-hybridized carbons (Fsp3) is 0.600. The van der Waals surface area contributed by atoms with Crippen LogP contribution in [-0.2, 0) is 40.0 Å². The Hall–Kier alpha value is -4.01. The molecule has 0 aromatic heterocycles. The number of nitrogens with two attached hydrogens (primary N) is 3. The van der Waals surface area contributed by atoms with Gasteiger partial charge >= 0.3 is 0 Å². The van der Waals surface area contributed by atoms with Crippen molar-refractivity contribution in [2.45, 2.75) is 81.2 Å². The molecule has 11 N–H and O–H groups in total. The van der Waals surface area contributed by atoms with Crippen LogP contribution in [-0.4, -0.2) is 138 Å².